The topological polar surface area (TPSA) is 67.2 Å². The van der Waals surface area contributed by atoms with Crippen molar-refractivity contribution in [2.45, 2.75) is 37.4 Å². The lowest BCUT2D eigenvalue weighted by Gasteiger charge is -2.20. The van der Waals surface area contributed by atoms with E-state index in [0.29, 0.717) is 17.8 Å². The van der Waals surface area contributed by atoms with Crippen LogP contribution in [0.5, 0.6) is 0 Å². The molecular formula is C16H17N3O2. The Bertz CT molecular complexity index is 653. The summed E-state index contributed by atoms with van der Waals surface area (Å²) in [4.78, 5) is 16.3. The molecule has 2 N–H and O–H groups in total. The number of aromatic nitrogens is 1. The van der Waals surface area contributed by atoms with Crippen LogP contribution < -0.4 is 10.6 Å². The number of benzene rings is 1. The zero-order valence-electron chi connectivity index (χ0n) is 11.6. The summed E-state index contributed by atoms with van der Waals surface area (Å²) in [6.45, 7) is 0. The predicted octanol–water partition coefficient (Wildman–Crippen LogP) is 1.96. The van der Waals surface area contributed by atoms with Crippen LogP contribution in [0.3, 0.4) is 0 Å². The highest BCUT2D eigenvalue weighted by atomic mass is 16.4. The molecule has 2 aliphatic rings. The van der Waals surface area contributed by atoms with Gasteiger partial charge in [0.1, 0.15) is 0 Å². The Morgan fingerprint density at radius 1 is 1.29 bits per heavy atom. The first-order valence-electron chi connectivity index (χ1n) is 7.38. The van der Waals surface area contributed by atoms with Gasteiger partial charge in [-0.3, -0.25) is 4.79 Å². The molecule has 0 radical (unpaired) electrons. The molecule has 1 amide bonds. The van der Waals surface area contributed by atoms with E-state index in [1.54, 1.807) is 6.20 Å². The third-order valence-electron chi connectivity index (χ3n) is 4.37. The normalized spacial score (nSPS) is 27.0. The van der Waals surface area contributed by atoms with Gasteiger partial charge < -0.3 is 15.1 Å². The van der Waals surface area contributed by atoms with Gasteiger partial charge in [0, 0.05) is 23.7 Å². The first-order chi connectivity index (χ1) is 10.3. The highest BCUT2D eigenvalue weighted by Gasteiger charge is 2.40. The van der Waals surface area contributed by atoms with Gasteiger partial charge in [-0.1, -0.05) is 30.3 Å². The minimum absolute atomic E-state index is 0.136. The van der Waals surface area contributed by atoms with Crippen molar-refractivity contribution in [3.8, 4) is 11.3 Å². The summed E-state index contributed by atoms with van der Waals surface area (Å²) in [7, 11) is 0. The van der Waals surface area contributed by atoms with E-state index in [2.05, 4.69) is 15.6 Å². The van der Waals surface area contributed by atoms with Crippen LogP contribution in [-0.2, 0) is 0 Å². The van der Waals surface area contributed by atoms with E-state index in [9.17, 15) is 4.79 Å². The number of carbonyl (C=O) groups is 1. The van der Waals surface area contributed by atoms with E-state index in [0.717, 1.165) is 18.4 Å². The fourth-order valence-electron chi connectivity index (χ4n) is 3.33. The van der Waals surface area contributed by atoms with Gasteiger partial charge in [-0.2, -0.15) is 0 Å². The van der Waals surface area contributed by atoms with Gasteiger partial charge in [-0.25, -0.2) is 4.98 Å². The number of hydrogen-bond acceptors (Lipinski definition) is 4. The molecular weight excluding hydrogens is 266 g/mol. The molecule has 0 spiro atoms. The van der Waals surface area contributed by atoms with E-state index < -0.39 is 0 Å². The van der Waals surface area contributed by atoms with Crippen LogP contribution in [0, 0.1) is 0 Å². The number of hydrogen-bond donors (Lipinski definition) is 2. The molecule has 4 rings (SSSR count). The van der Waals surface area contributed by atoms with Crippen molar-refractivity contribution >= 4 is 5.91 Å². The van der Waals surface area contributed by atoms with Crippen LogP contribution in [0.1, 0.15) is 29.9 Å². The molecule has 2 aliphatic heterocycles. The van der Waals surface area contributed by atoms with Gasteiger partial charge in [-0.05, 0) is 19.3 Å². The molecule has 3 unspecified atom stereocenters. The minimum atomic E-state index is -0.225. The van der Waals surface area contributed by atoms with Crippen molar-refractivity contribution in [3.63, 3.8) is 0 Å². The molecule has 1 aromatic carbocycles. The number of oxazole rings is 1. The third-order valence-corrected chi connectivity index (χ3v) is 4.37. The van der Waals surface area contributed by atoms with Crippen LogP contribution in [0.4, 0.5) is 0 Å². The van der Waals surface area contributed by atoms with Crippen molar-refractivity contribution in [2.24, 2.45) is 0 Å². The smallest absolute Gasteiger partial charge is 0.307 e. The summed E-state index contributed by atoms with van der Waals surface area (Å²) in [5.41, 5.74) is 0.922. The van der Waals surface area contributed by atoms with Crippen molar-refractivity contribution in [1.82, 2.24) is 15.6 Å². The van der Waals surface area contributed by atoms with Crippen LogP contribution in [0.2, 0.25) is 0 Å². The number of amides is 1. The summed E-state index contributed by atoms with van der Waals surface area (Å²) in [6, 6.07) is 10.8. The van der Waals surface area contributed by atoms with Crippen LogP contribution in [0.25, 0.3) is 11.3 Å². The van der Waals surface area contributed by atoms with Gasteiger partial charge >= 0.3 is 5.91 Å². The van der Waals surface area contributed by atoms with Gasteiger partial charge in [0.15, 0.2) is 5.76 Å². The van der Waals surface area contributed by atoms with Crippen LogP contribution >= 0.6 is 0 Å². The molecule has 5 nitrogen and oxygen atoms in total. The number of nitrogens with zero attached hydrogens (tertiary/aromatic N) is 1. The summed E-state index contributed by atoms with van der Waals surface area (Å²) in [6.07, 6.45) is 4.95. The second-order valence-electron chi connectivity index (χ2n) is 5.76. The lowest BCUT2D eigenvalue weighted by molar-refractivity contribution is 0.0896. The first kappa shape index (κ1) is 12.6. The van der Waals surface area contributed by atoms with E-state index in [1.807, 2.05) is 30.3 Å². The van der Waals surface area contributed by atoms with Gasteiger partial charge in [0.2, 0.25) is 0 Å². The zero-order chi connectivity index (χ0) is 14.2. The molecule has 21 heavy (non-hydrogen) atoms. The maximum Gasteiger partial charge on any atom is 0.307 e. The van der Waals surface area contributed by atoms with E-state index in [4.69, 9.17) is 4.42 Å². The molecule has 108 valence electrons. The Morgan fingerprint density at radius 2 is 2.14 bits per heavy atom. The molecule has 3 atom stereocenters. The first-order valence-corrected chi connectivity index (χ1v) is 7.38. The van der Waals surface area contributed by atoms with Crippen molar-refractivity contribution < 1.29 is 9.21 Å². The molecule has 2 fully saturated rings. The maximum absolute atomic E-state index is 12.2. The fourth-order valence-corrected chi connectivity index (χ4v) is 3.33. The molecule has 2 bridgehead atoms. The fraction of sp³-hybridized carbons (Fsp3) is 0.375. The molecule has 0 aliphatic carbocycles. The van der Waals surface area contributed by atoms with Gasteiger partial charge in [-0.15, -0.1) is 0 Å². The number of rotatable bonds is 3. The van der Waals surface area contributed by atoms with Gasteiger partial charge in [0.05, 0.1) is 6.20 Å². The standard InChI is InChI=1S/C16H17N3O2/c20-15(19-13-8-11-6-7-12(13)18-11)16-17-9-14(21-16)10-4-2-1-3-5-10/h1-5,9,11-13,18H,6-8H2,(H,19,20). The van der Waals surface area contributed by atoms with E-state index in [1.165, 1.54) is 6.42 Å². The molecule has 3 heterocycles. The van der Waals surface area contributed by atoms with Crippen molar-refractivity contribution in [2.75, 3.05) is 0 Å². The second kappa shape index (κ2) is 5.00. The lowest BCUT2D eigenvalue weighted by Crippen LogP contribution is -2.43. The molecule has 2 aromatic rings. The summed E-state index contributed by atoms with van der Waals surface area (Å²) >= 11 is 0. The Balaban J connectivity index is 1.47. The van der Waals surface area contributed by atoms with Crippen LogP contribution in [0.15, 0.2) is 40.9 Å². The summed E-state index contributed by atoms with van der Waals surface area (Å²) in [5.74, 6) is 0.528. The number of fused-ring (bicyclic) bond motifs is 2. The second-order valence-corrected chi connectivity index (χ2v) is 5.76. The average molecular weight is 283 g/mol. The minimum Gasteiger partial charge on any atom is -0.432 e. The third kappa shape index (κ3) is 2.34. The molecule has 5 heteroatoms. The monoisotopic (exact) mass is 283 g/mol. The maximum atomic E-state index is 12.2. The molecule has 1 aromatic heterocycles. The zero-order valence-corrected chi connectivity index (χ0v) is 11.6. The number of nitrogens with one attached hydrogen (secondary N) is 2. The predicted molar refractivity (Wildman–Crippen MR) is 77.8 cm³/mol. The molecule has 2 saturated heterocycles. The summed E-state index contributed by atoms with van der Waals surface area (Å²) in [5, 5.41) is 6.53. The van der Waals surface area contributed by atoms with Crippen molar-refractivity contribution in [3.05, 3.63) is 42.4 Å². The van der Waals surface area contributed by atoms with Crippen LogP contribution in [-0.4, -0.2) is 29.0 Å². The Labute approximate surface area is 122 Å². The average Bonchev–Trinajstić information content (AvgIpc) is 3.24. The Kier molecular flexibility index (Phi) is 3.00. The summed E-state index contributed by atoms with van der Waals surface area (Å²) < 4.78 is 5.58. The Hall–Kier alpha value is -2.14. The van der Waals surface area contributed by atoms with E-state index >= 15 is 0 Å². The lowest BCUT2D eigenvalue weighted by atomic mass is 9.95. The van der Waals surface area contributed by atoms with Gasteiger partial charge in [0.25, 0.3) is 5.89 Å². The highest BCUT2D eigenvalue weighted by molar-refractivity contribution is 5.90. The van der Waals surface area contributed by atoms with Crippen molar-refractivity contribution in [1.29, 1.82) is 0 Å². The highest BCUT2D eigenvalue weighted by Crippen LogP contribution is 2.28. The Morgan fingerprint density at radius 3 is 2.86 bits per heavy atom. The van der Waals surface area contributed by atoms with E-state index in [-0.39, 0.29) is 17.8 Å². The number of carbonyl (C=O) groups excluding carboxylic acids is 1. The molecule has 0 saturated carbocycles. The largest absolute Gasteiger partial charge is 0.432 e. The quantitative estimate of drug-likeness (QED) is 0.903. The SMILES string of the molecule is O=C(NC1CC2CCC1N2)c1ncc(-c2ccccc2)o1.